The van der Waals surface area contributed by atoms with Gasteiger partial charge in [-0.25, -0.2) is 4.79 Å². The van der Waals surface area contributed by atoms with E-state index in [4.69, 9.17) is 37.5 Å². The van der Waals surface area contributed by atoms with E-state index in [0.29, 0.717) is 10.7 Å². The number of nitrogens with zero attached hydrogens (tertiary/aromatic N) is 2. The second-order valence-corrected chi connectivity index (χ2v) is 11.0. The summed E-state index contributed by atoms with van der Waals surface area (Å²) in [4.78, 5) is 28.3. The fraction of sp³-hybridized carbons (Fsp3) is 0.476. The average molecular weight is 535 g/mol. The van der Waals surface area contributed by atoms with Gasteiger partial charge in [-0.05, 0) is 39.0 Å². The first kappa shape index (κ1) is 27.9. The number of benzene rings is 1. The normalized spacial score (nSPS) is 17.6. The maximum atomic E-state index is 12.7. The van der Waals surface area contributed by atoms with Crippen molar-refractivity contribution in [1.82, 2.24) is 9.80 Å². The van der Waals surface area contributed by atoms with Crippen LogP contribution in [0.5, 0.6) is 0 Å². The number of anilines is 1. The average Bonchev–Trinajstić information content (AvgIpc) is 2.71. The molecule has 1 heterocycles. The van der Waals surface area contributed by atoms with Crippen molar-refractivity contribution >= 4 is 57.2 Å². The van der Waals surface area contributed by atoms with Crippen LogP contribution in [0.25, 0.3) is 0 Å². The molecule has 188 valence electrons. The molecule has 13 heteroatoms. The first-order chi connectivity index (χ1) is 15.7. The van der Waals surface area contributed by atoms with E-state index in [1.807, 2.05) is 0 Å². The van der Waals surface area contributed by atoms with E-state index in [1.54, 1.807) is 43.9 Å². The molecular weight excluding hydrogens is 507 g/mol. The molecule has 1 saturated heterocycles. The Labute approximate surface area is 209 Å². The van der Waals surface area contributed by atoms with Gasteiger partial charge in [0.05, 0.1) is 24.6 Å². The van der Waals surface area contributed by atoms with Crippen molar-refractivity contribution in [2.45, 2.75) is 32.4 Å². The summed E-state index contributed by atoms with van der Waals surface area (Å²) in [5.41, 5.74) is -0.256. The monoisotopic (exact) mass is 534 g/mol. The molecule has 0 spiro atoms. The minimum absolute atomic E-state index is 0.0296. The highest BCUT2D eigenvalue weighted by molar-refractivity contribution is 7.85. The lowest BCUT2D eigenvalue weighted by molar-refractivity contribution is -0.112. The molecule has 2 amide bonds. The Morgan fingerprint density at radius 1 is 1.29 bits per heavy atom. The number of hydrogen-bond donors (Lipinski definition) is 2. The number of carbonyl (C=O) groups excluding carboxylic acids is 2. The largest absolute Gasteiger partial charge is 0.444 e. The molecule has 1 aromatic carbocycles. The molecule has 2 rings (SSSR count). The van der Waals surface area contributed by atoms with Crippen LogP contribution >= 0.6 is 23.2 Å². The zero-order valence-corrected chi connectivity index (χ0v) is 21.6. The molecular formula is C21H28Cl2N4O6S. The topological polar surface area (TPSA) is 129 Å². The lowest BCUT2D eigenvalue weighted by Gasteiger charge is -2.42. The highest BCUT2D eigenvalue weighted by Crippen LogP contribution is 2.24. The maximum Gasteiger partial charge on any atom is 0.410 e. The minimum atomic E-state index is -3.79. The predicted octanol–water partition coefficient (Wildman–Crippen LogP) is 3.28. The lowest BCUT2D eigenvalue weighted by atomic mass is 10.1. The number of rotatable bonds is 7. The SMILES string of the molecule is CC(C)(C)OC(=O)N1CCN(/C(C=N)=C(\Cl)C(=O)Nc2cccc(Cl)c2)C(COS(C)(=O)=O)C1. The summed E-state index contributed by atoms with van der Waals surface area (Å²) in [6.07, 6.45) is 1.24. The van der Waals surface area contributed by atoms with Crippen molar-refractivity contribution < 1.29 is 26.9 Å². The van der Waals surface area contributed by atoms with Gasteiger partial charge in [0.2, 0.25) is 0 Å². The molecule has 1 atom stereocenters. The molecule has 34 heavy (non-hydrogen) atoms. The summed E-state index contributed by atoms with van der Waals surface area (Å²) >= 11 is 12.3. The third-order valence-corrected chi connectivity index (χ3v) is 5.73. The molecule has 0 aromatic heterocycles. The molecule has 0 bridgehead atoms. The molecule has 1 unspecified atom stereocenters. The Morgan fingerprint density at radius 3 is 2.53 bits per heavy atom. The highest BCUT2D eigenvalue weighted by atomic mass is 35.5. The third kappa shape index (κ3) is 8.46. The summed E-state index contributed by atoms with van der Waals surface area (Å²) in [6.45, 7) is 5.26. The highest BCUT2D eigenvalue weighted by Gasteiger charge is 2.35. The fourth-order valence-corrected chi connectivity index (χ4v) is 3.96. The van der Waals surface area contributed by atoms with E-state index in [-0.39, 0.29) is 37.0 Å². The van der Waals surface area contributed by atoms with E-state index in [2.05, 4.69) is 5.32 Å². The van der Waals surface area contributed by atoms with Crippen molar-refractivity contribution in [2.24, 2.45) is 0 Å². The lowest BCUT2D eigenvalue weighted by Crippen LogP contribution is -2.57. The van der Waals surface area contributed by atoms with Crippen LogP contribution in [0, 0.1) is 5.41 Å². The van der Waals surface area contributed by atoms with Crippen LogP contribution in [0.4, 0.5) is 10.5 Å². The van der Waals surface area contributed by atoms with Crippen molar-refractivity contribution in [2.75, 3.05) is 37.8 Å². The Kier molecular flexibility index (Phi) is 9.35. The van der Waals surface area contributed by atoms with Gasteiger partial charge in [0.15, 0.2) is 0 Å². The smallest absolute Gasteiger partial charge is 0.410 e. The van der Waals surface area contributed by atoms with Gasteiger partial charge in [-0.2, -0.15) is 8.42 Å². The molecule has 1 fully saturated rings. The minimum Gasteiger partial charge on any atom is -0.444 e. The fourth-order valence-electron chi connectivity index (χ4n) is 3.15. The Hall–Kier alpha value is -2.34. The molecule has 2 N–H and O–H groups in total. The Morgan fingerprint density at radius 2 is 1.97 bits per heavy atom. The van der Waals surface area contributed by atoms with Crippen molar-refractivity contribution in [1.29, 1.82) is 5.41 Å². The molecule has 10 nitrogen and oxygen atoms in total. The number of nitrogens with one attached hydrogen (secondary N) is 2. The van der Waals surface area contributed by atoms with Crippen LogP contribution in [0.15, 0.2) is 35.0 Å². The van der Waals surface area contributed by atoms with Crippen LogP contribution in [0.3, 0.4) is 0 Å². The van der Waals surface area contributed by atoms with Crippen molar-refractivity contribution in [3.63, 3.8) is 0 Å². The van der Waals surface area contributed by atoms with Crippen molar-refractivity contribution in [3.8, 4) is 0 Å². The molecule has 1 aliphatic rings. The van der Waals surface area contributed by atoms with Gasteiger partial charge in [-0.3, -0.25) is 8.98 Å². The van der Waals surface area contributed by atoms with Gasteiger partial charge < -0.3 is 25.3 Å². The second-order valence-electron chi connectivity index (χ2n) is 8.57. The molecule has 0 aliphatic carbocycles. The summed E-state index contributed by atoms with van der Waals surface area (Å²) in [5, 5.41) is 10.6. The third-order valence-electron chi connectivity index (χ3n) is 4.56. The zero-order chi connectivity index (χ0) is 25.7. The van der Waals surface area contributed by atoms with Crippen LogP contribution < -0.4 is 5.32 Å². The van der Waals surface area contributed by atoms with E-state index in [9.17, 15) is 18.0 Å². The summed E-state index contributed by atoms with van der Waals surface area (Å²) in [7, 11) is -3.79. The van der Waals surface area contributed by atoms with Gasteiger partial charge in [0.25, 0.3) is 16.0 Å². The zero-order valence-electron chi connectivity index (χ0n) is 19.3. The van der Waals surface area contributed by atoms with Gasteiger partial charge in [0, 0.05) is 36.6 Å². The number of amides is 2. The number of allylic oxidation sites excluding steroid dienone is 1. The van der Waals surface area contributed by atoms with Crippen molar-refractivity contribution in [3.05, 3.63) is 40.0 Å². The van der Waals surface area contributed by atoms with Gasteiger partial charge in [-0.15, -0.1) is 0 Å². The number of ether oxygens (including phenoxy) is 1. The van der Waals surface area contributed by atoms with E-state index >= 15 is 0 Å². The standard InChI is InChI=1S/C21H28Cl2N4O6S/c1-21(2,3)33-20(29)26-8-9-27(16(12-26)13-32-34(4,30)31)17(11-24)18(23)19(28)25-15-7-5-6-14(22)10-15/h5-7,10-11,16,24H,8-9,12-13H2,1-4H3,(H,25,28)/b18-17-,24-11?. The Bertz CT molecular complexity index is 1070. The van der Waals surface area contributed by atoms with Gasteiger partial charge in [0.1, 0.15) is 10.6 Å². The van der Waals surface area contributed by atoms with Crippen LogP contribution in [-0.2, 0) is 23.8 Å². The number of carbonyl (C=O) groups is 2. The summed E-state index contributed by atoms with van der Waals surface area (Å²) in [6, 6.07) is 5.74. The quantitative estimate of drug-likeness (QED) is 0.312. The number of hydrogen-bond acceptors (Lipinski definition) is 8. The Balaban J connectivity index is 2.30. The van der Waals surface area contributed by atoms with E-state index < -0.39 is 33.8 Å². The first-order valence-corrected chi connectivity index (χ1v) is 12.8. The summed E-state index contributed by atoms with van der Waals surface area (Å²) in [5.74, 6) is -0.681. The first-order valence-electron chi connectivity index (χ1n) is 10.3. The second kappa shape index (κ2) is 11.4. The van der Waals surface area contributed by atoms with E-state index in [1.165, 1.54) is 11.0 Å². The van der Waals surface area contributed by atoms with Crippen LogP contribution in [-0.4, -0.2) is 80.6 Å². The maximum absolute atomic E-state index is 12.7. The number of piperazine rings is 1. The molecule has 1 aliphatic heterocycles. The molecule has 0 radical (unpaired) electrons. The van der Waals surface area contributed by atoms with Gasteiger partial charge in [-0.1, -0.05) is 29.3 Å². The predicted molar refractivity (Wildman–Crippen MR) is 131 cm³/mol. The molecule has 1 aromatic rings. The van der Waals surface area contributed by atoms with Crippen LogP contribution in [0.2, 0.25) is 5.02 Å². The summed E-state index contributed by atoms with van der Waals surface area (Å²) < 4.78 is 33.6. The molecule has 0 saturated carbocycles. The number of halogens is 2. The van der Waals surface area contributed by atoms with Crippen LogP contribution in [0.1, 0.15) is 20.8 Å². The van der Waals surface area contributed by atoms with Gasteiger partial charge >= 0.3 is 6.09 Å². The van der Waals surface area contributed by atoms with E-state index in [0.717, 1.165) is 12.5 Å².